The van der Waals surface area contributed by atoms with Crippen LogP contribution in [0.25, 0.3) is 11.4 Å². The highest BCUT2D eigenvalue weighted by Crippen LogP contribution is 2.28. The minimum Gasteiger partial charge on any atom is -0.459 e. The van der Waals surface area contributed by atoms with Gasteiger partial charge in [0.25, 0.3) is 5.91 Å². The summed E-state index contributed by atoms with van der Waals surface area (Å²) in [5, 5.41) is 7.60. The summed E-state index contributed by atoms with van der Waals surface area (Å²) in [6.45, 7) is 5.98. The number of rotatable bonds is 6. The largest absolute Gasteiger partial charge is 0.459 e. The second kappa shape index (κ2) is 7.74. The van der Waals surface area contributed by atoms with E-state index in [9.17, 15) is 4.79 Å². The van der Waals surface area contributed by atoms with Crippen molar-refractivity contribution in [1.82, 2.24) is 15.5 Å². The maximum Gasteiger partial charge on any atom is 0.287 e. The van der Waals surface area contributed by atoms with Crippen LogP contribution in [-0.4, -0.2) is 16.0 Å². The summed E-state index contributed by atoms with van der Waals surface area (Å²) >= 11 is 6.18. The van der Waals surface area contributed by atoms with Crippen LogP contribution in [0.1, 0.15) is 48.3 Å². The Morgan fingerprint density at radius 1 is 1.35 bits per heavy atom. The summed E-state index contributed by atoms with van der Waals surface area (Å²) in [5.74, 6) is 0.805. The summed E-state index contributed by atoms with van der Waals surface area (Å²) in [5.41, 5.74) is 1.73. The molecule has 0 bridgehead atoms. The average molecular weight is 374 g/mol. The Kier molecular flexibility index (Phi) is 5.42. The number of halogens is 1. The lowest BCUT2D eigenvalue weighted by Gasteiger charge is -2.20. The van der Waals surface area contributed by atoms with Gasteiger partial charge in [-0.25, -0.2) is 0 Å². The molecule has 0 unspecified atom stereocenters. The lowest BCUT2D eigenvalue weighted by Crippen LogP contribution is -2.32. The van der Waals surface area contributed by atoms with Crippen molar-refractivity contribution < 1.29 is 13.7 Å². The zero-order valence-electron chi connectivity index (χ0n) is 14.8. The van der Waals surface area contributed by atoms with Gasteiger partial charge >= 0.3 is 0 Å². The van der Waals surface area contributed by atoms with E-state index in [0.29, 0.717) is 16.7 Å². The van der Waals surface area contributed by atoms with Crippen LogP contribution in [0.5, 0.6) is 0 Å². The molecule has 3 rings (SSSR count). The van der Waals surface area contributed by atoms with Crippen LogP contribution in [-0.2, 0) is 0 Å². The number of furan rings is 1. The lowest BCUT2D eigenvalue weighted by molar-refractivity contribution is 0.0882. The monoisotopic (exact) mass is 373 g/mol. The van der Waals surface area contributed by atoms with Crippen LogP contribution >= 0.6 is 11.6 Å². The normalized spacial score (nSPS) is 13.4. The van der Waals surface area contributed by atoms with Crippen molar-refractivity contribution in [3.8, 4) is 11.4 Å². The first-order valence-electron chi connectivity index (χ1n) is 8.44. The molecule has 2 aromatic heterocycles. The van der Waals surface area contributed by atoms with Crippen molar-refractivity contribution in [2.45, 2.75) is 33.2 Å². The fourth-order valence-corrected chi connectivity index (χ4v) is 2.69. The van der Waals surface area contributed by atoms with E-state index < -0.39 is 6.04 Å². The Bertz CT molecular complexity index is 889. The number of aryl methyl sites for hydroxylation is 1. The zero-order valence-corrected chi connectivity index (χ0v) is 15.6. The molecule has 3 aromatic rings. The summed E-state index contributed by atoms with van der Waals surface area (Å²) in [6, 6.07) is 8.44. The zero-order chi connectivity index (χ0) is 18.7. The van der Waals surface area contributed by atoms with Crippen molar-refractivity contribution >= 4 is 17.5 Å². The predicted octanol–water partition coefficient (Wildman–Crippen LogP) is 4.81. The molecular weight excluding hydrogens is 354 g/mol. The smallest absolute Gasteiger partial charge is 0.287 e. The van der Waals surface area contributed by atoms with E-state index in [0.717, 1.165) is 17.5 Å². The van der Waals surface area contributed by atoms with Crippen molar-refractivity contribution in [2.24, 2.45) is 5.92 Å². The average Bonchev–Trinajstić information content (AvgIpc) is 3.33. The molecule has 0 radical (unpaired) electrons. The third-order valence-electron chi connectivity index (χ3n) is 4.38. The molecule has 0 spiro atoms. The molecule has 1 N–H and O–H groups in total. The van der Waals surface area contributed by atoms with E-state index in [4.69, 9.17) is 20.5 Å². The number of nitrogens with one attached hydrogen (secondary N) is 1. The van der Waals surface area contributed by atoms with Gasteiger partial charge in [-0.15, -0.1) is 0 Å². The van der Waals surface area contributed by atoms with E-state index in [2.05, 4.69) is 15.5 Å². The van der Waals surface area contributed by atoms with E-state index in [1.165, 1.54) is 6.26 Å². The lowest BCUT2D eigenvalue weighted by atomic mass is 9.99. The van der Waals surface area contributed by atoms with Gasteiger partial charge < -0.3 is 14.3 Å². The maximum atomic E-state index is 12.4. The fourth-order valence-electron chi connectivity index (χ4n) is 2.51. The summed E-state index contributed by atoms with van der Waals surface area (Å²) in [6.07, 6.45) is 2.29. The Hall–Kier alpha value is -2.60. The fraction of sp³-hybridized carbons (Fsp3) is 0.316. The van der Waals surface area contributed by atoms with Gasteiger partial charge in [0.05, 0.1) is 6.26 Å². The van der Waals surface area contributed by atoms with Gasteiger partial charge in [0, 0.05) is 10.6 Å². The molecule has 6 nitrogen and oxygen atoms in total. The number of carbonyl (C=O) groups excluding carboxylic acids is 1. The molecule has 0 fully saturated rings. The first-order valence-corrected chi connectivity index (χ1v) is 8.82. The van der Waals surface area contributed by atoms with Crippen LogP contribution in [0, 0.1) is 12.8 Å². The number of hydrogen-bond acceptors (Lipinski definition) is 5. The maximum absolute atomic E-state index is 12.4. The van der Waals surface area contributed by atoms with Crippen molar-refractivity contribution in [3.05, 3.63) is 58.8 Å². The van der Waals surface area contributed by atoms with Crippen LogP contribution < -0.4 is 5.32 Å². The van der Waals surface area contributed by atoms with E-state index >= 15 is 0 Å². The molecule has 136 valence electrons. The highest BCUT2D eigenvalue weighted by molar-refractivity contribution is 6.31. The Labute approximate surface area is 156 Å². The molecule has 2 atom stereocenters. The third kappa shape index (κ3) is 3.80. The molecular formula is C19H20ClN3O3. The Balaban J connectivity index is 1.86. The second-order valence-electron chi connectivity index (χ2n) is 6.23. The number of hydrogen-bond donors (Lipinski definition) is 1. The van der Waals surface area contributed by atoms with E-state index in [1.807, 2.05) is 32.9 Å². The highest BCUT2D eigenvalue weighted by Gasteiger charge is 2.27. The molecule has 2 heterocycles. The Morgan fingerprint density at radius 2 is 2.15 bits per heavy atom. The van der Waals surface area contributed by atoms with Crippen LogP contribution in [0.4, 0.5) is 0 Å². The van der Waals surface area contributed by atoms with E-state index in [-0.39, 0.29) is 17.6 Å². The molecule has 0 aliphatic heterocycles. The predicted molar refractivity (Wildman–Crippen MR) is 97.9 cm³/mol. The van der Waals surface area contributed by atoms with Gasteiger partial charge in [0.2, 0.25) is 11.7 Å². The second-order valence-corrected chi connectivity index (χ2v) is 6.64. The Morgan fingerprint density at radius 3 is 2.81 bits per heavy atom. The van der Waals surface area contributed by atoms with Gasteiger partial charge in [0.1, 0.15) is 6.04 Å². The van der Waals surface area contributed by atoms with Crippen LogP contribution in [0.3, 0.4) is 0 Å². The van der Waals surface area contributed by atoms with Gasteiger partial charge in [-0.1, -0.05) is 49.2 Å². The number of benzene rings is 1. The van der Waals surface area contributed by atoms with Crippen LogP contribution in [0.15, 0.2) is 45.5 Å². The number of amides is 1. The number of carbonyl (C=O) groups is 1. The van der Waals surface area contributed by atoms with Crippen molar-refractivity contribution in [1.29, 1.82) is 0 Å². The third-order valence-corrected chi connectivity index (χ3v) is 4.79. The summed E-state index contributed by atoms with van der Waals surface area (Å²) < 4.78 is 10.6. The number of aromatic nitrogens is 2. The minimum atomic E-state index is -0.417. The number of nitrogens with zero attached hydrogens (tertiary/aromatic N) is 2. The van der Waals surface area contributed by atoms with Gasteiger partial charge in [-0.2, -0.15) is 4.98 Å². The minimum absolute atomic E-state index is 0.101. The van der Waals surface area contributed by atoms with E-state index in [1.54, 1.807) is 18.2 Å². The molecule has 26 heavy (non-hydrogen) atoms. The van der Waals surface area contributed by atoms with Gasteiger partial charge in [-0.3, -0.25) is 4.79 Å². The first kappa shape index (κ1) is 18.2. The summed E-state index contributed by atoms with van der Waals surface area (Å²) in [7, 11) is 0. The van der Waals surface area contributed by atoms with Gasteiger partial charge in [-0.05, 0) is 36.6 Å². The highest BCUT2D eigenvalue weighted by atomic mass is 35.5. The molecule has 7 heteroatoms. The quantitative estimate of drug-likeness (QED) is 0.670. The standard InChI is InChI=1S/C19H20ClN3O3/c1-4-11(2)16(21-18(24)15-6-5-9-25-15)19-22-17(23-26-19)13-8-7-12(3)14(20)10-13/h5-11,16H,4H2,1-3H3,(H,21,24)/t11-,16-/m0/s1. The van der Waals surface area contributed by atoms with Crippen molar-refractivity contribution in [2.75, 3.05) is 0 Å². The topological polar surface area (TPSA) is 81.2 Å². The first-order chi connectivity index (χ1) is 12.5. The molecule has 1 amide bonds. The molecule has 0 aliphatic rings. The van der Waals surface area contributed by atoms with Crippen molar-refractivity contribution in [3.63, 3.8) is 0 Å². The molecule has 0 aliphatic carbocycles. The molecule has 1 aromatic carbocycles. The SMILES string of the molecule is CC[C@H](C)[C@H](NC(=O)c1ccco1)c1nc(-c2ccc(C)c(Cl)c2)no1. The van der Waals surface area contributed by atoms with Gasteiger partial charge in [0.15, 0.2) is 5.76 Å². The summed E-state index contributed by atoms with van der Waals surface area (Å²) in [4.78, 5) is 16.8. The molecule has 0 saturated carbocycles. The van der Waals surface area contributed by atoms with Crippen LogP contribution in [0.2, 0.25) is 5.02 Å². The molecule has 0 saturated heterocycles.